The zero-order valence-electron chi connectivity index (χ0n) is 15.5. The number of halogens is 1. The van der Waals surface area contributed by atoms with Crippen molar-refractivity contribution in [3.63, 3.8) is 0 Å². The summed E-state index contributed by atoms with van der Waals surface area (Å²) in [5, 5.41) is 0.530. The molecule has 1 fully saturated rings. The predicted octanol–water partition coefficient (Wildman–Crippen LogP) is 4.81. The highest BCUT2D eigenvalue weighted by atomic mass is 35.5. The van der Waals surface area contributed by atoms with Gasteiger partial charge in [0.05, 0.1) is 18.7 Å². The lowest BCUT2D eigenvalue weighted by Gasteiger charge is -2.29. The van der Waals surface area contributed by atoms with Crippen molar-refractivity contribution in [2.24, 2.45) is 0 Å². The minimum Gasteiger partial charge on any atom is -0.443 e. The van der Waals surface area contributed by atoms with E-state index >= 15 is 0 Å². The summed E-state index contributed by atoms with van der Waals surface area (Å²) >= 11 is 6.46. The average molecular weight is 404 g/mol. The van der Waals surface area contributed by atoms with Gasteiger partial charge in [-0.15, -0.1) is 0 Å². The van der Waals surface area contributed by atoms with Crippen LogP contribution in [0.5, 0.6) is 0 Å². The van der Waals surface area contributed by atoms with E-state index < -0.39 is 11.5 Å². The molecule has 0 aromatic heterocycles. The molecule has 3 aromatic carbocycles. The molecule has 0 bridgehead atoms. The van der Waals surface area contributed by atoms with Crippen molar-refractivity contribution in [2.45, 2.75) is 24.5 Å². The molecule has 0 saturated carbocycles. The number of anilines is 1. The summed E-state index contributed by atoms with van der Waals surface area (Å²) in [5.41, 5.74) is 1.87. The third-order valence-electron chi connectivity index (χ3n) is 5.76. The highest BCUT2D eigenvalue weighted by Crippen LogP contribution is 2.56. The fourth-order valence-corrected chi connectivity index (χ4v) is 4.76. The van der Waals surface area contributed by atoms with Crippen LogP contribution in [0.25, 0.3) is 0 Å². The van der Waals surface area contributed by atoms with E-state index in [0.717, 1.165) is 22.4 Å². The first kappa shape index (κ1) is 18.0. The third kappa shape index (κ3) is 2.67. The quantitative estimate of drug-likeness (QED) is 0.589. The van der Waals surface area contributed by atoms with E-state index in [4.69, 9.17) is 16.3 Å². The zero-order valence-corrected chi connectivity index (χ0v) is 16.3. The van der Waals surface area contributed by atoms with Gasteiger partial charge in [-0.2, -0.15) is 0 Å². The van der Waals surface area contributed by atoms with Crippen molar-refractivity contribution in [3.8, 4) is 0 Å². The summed E-state index contributed by atoms with van der Waals surface area (Å²) in [5.74, 6) is -1.09. The van der Waals surface area contributed by atoms with Crippen LogP contribution in [-0.4, -0.2) is 11.9 Å². The molecule has 144 valence electrons. The Hall–Kier alpha value is -3.11. The summed E-state index contributed by atoms with van der Waals surface area (Å²) in [6.07, 6.45) is 0.114. The normalized spacial score (nSPS) is 22.8. The molecule has 5 heteroatoms. The van der Waals surface area contributed by atoms with Crippen molar-refractivity contribution in [3.05, 3.63) is 101 Å². The molecule has 3 aromatic rings. The molecule has 5 rings (SSSR count). The molecule has 0 aliphatic carbocycles. The lowest BCUT2D eigenvalue weighted by molar-refractivity contribution is -0.158. The van der Waals surface area contributed by atoms with Crippen molar-refractivity contribution in [1.29, 1.82) is 0 Å². The van der Waals surface area contributed by atoms with E-state index in [0.29, 0.717) is 11.6 Å². The highest BCUT2D eigenvalue weighted by Gasteiger charge is 2.63. The fraction of sp³-hybridized carbons (Fsp3) is 0.167. The van der Waals surface area contributed by atoms with Crippen LogP contribution >= 0.6 is 11.6 Å². The van der Waals surface area contributed by atoms with E-state index in [9.17, 15) is 9.59 Å². The molecule has 0 unspecified atom stereocenters. The van der Waals surface area contributed by atoms with Crippen LogP contribution < -0.4 is 4.90 Å². The number of rotatable bonds is 3. The van der Waals surface area contributed by atoms with Crippen LogP contribution in [0, 0.1) is 0 Å². The predicted molar refractivity (Wildman–Crippen MR) is 111 cm³/mol. The molecule has 2 heterocycles. The molecule has 4 nitrogen and oxygen atoms in total. The van der Waals surface area contributed by atoms with Gasteiger partial charge in [-0.1, -0.05) is 78.3 Å². The minimum absolute atomic E-state index is 0.114. The number of para-hydroxylation sites is 1. The van der Waals surface area contributed by atoms with Crippen LogP contribution in [0.3, 0.4) is 0 Å². The van der Waals surface area contributed by atoms with Crippen LogP contribution in [0.1, 0.15) is 29.0 Å². The molecular formula is C24H18ClNO3. The Morgan fingerprint density at radius 1 is 0.931 bits per heavy atom. The Bertz CT molecular complexity index is 1110. The summed E-state index contributed by atoms with van der Waals surface area (Å²) in [6, 6.07) is 24.7. The van der Waals surface area contributed by atoms with Crippen LogP contribution in [0.2, 0.25) is 5.02 Å². The van der Waals surface area contributed by atoms with E-state index in [1.807, 2.05) is 72.8 Å². The lowest BCUT2D eigenvalue weighted by atomic mass is 9.78. The van der Waals surface area contributed by atoms with Gasteiger partial charge in [0.2, 0.25) is 5.60 Å². The first-order valence-electron chi connectivity index (χ1n) is 9.53. The smallest absolute Gasteiger partial charge is 0.308 e. The summed E-state index contributed by atoms with van der Waals surface area (Å²) < 4.78 is 5.85. The van der Waals surface area contributed by atoms with E-state index in [-0.39, 0.29) is 18.3 Å². The van der Waals surface area contributed by atoms with Gasteiger partial charge >= 0.3 is 5.97 Å². The number of nitrogens with zero attached hydrogens (tertiary/aromatic N) is 1. The van der Waals surface area contributed by atoms with Gasteiger partial charge in [0.15, 0.2) is 0 Å². The zero-order chi connectivity index (χ0) is 20.0. The Labute approximate surface area is 173 Å². The third-order valence-corrected chi connectivity index (χ3v) is 6.10. The van der Waals surface area contributed by atoms with Crippen molar-refractivity contribution < 1.29 is 14.3 Å². The van der Waals surface area contributed by atoms with Crippen molar-refractivity contribution in [2.75, 3.05) is 4.90 Å². The monoisotopic (exact) mass is 403 g/mol. The molecular weight excluding hydrogens is 386 g/mol. The van der Waals surface area contributed by atoms with Crippen molar-refractivity contribution in [1.82, 2.24) is 0 Å². The second kappa shape index (κ2) is 6.75. The second-order valence-corrected chi connectivity index (χ2v) is 7.79. The largest absolute Gasteiger partial charge is 0.443 e. The molecule has 0 radical (unpaired) electrons. The second-order valence-electron chi connectivity index (χ2n) is 7.38. The number of hydrogen-bond acceptors (Lipinski definition) is 3. The van der Waals surface area contributed by atoms with Gasteiger partial charge in [0, 0.05) is 16.5 Å². The SMILES string of the molecule is O=C1C[C@@H](c2ccccc2Cl)[C@]2(O1)C(=O)N(Cc1ccccc1)c1ccccc12. The lowest BCUT2D eigenvalue weighted by Crippen LogP contribution is -2.43. The van der Waals surface area contributed by atoms with Crippen LogP contribution in [0.15, 0.2) is 78.9 Å². The van der Waals surface area contributed by atoms with Gasteiger partial charge in [-0.25, -0.2) is 0 Å². The summed E-state index contributed by atoms with van der Waals surface area (Å²) in [7, 11) is 0. The van der Waals surface area contributed by atoms with Gasteiger partial charge in [-0.05, 0) is 23.3 Å². The molecule has 1 amide bonds. The number of ether oxygens (including phenoxy) is 1. The van der Waals surface area contributed by atoms with Gasteiger partial charge < -0.3 is 9.64 Å². The standard InChI is InChI=1S/C24H18ClNO3/c25-20-12-6-4-10-17(20)19-14-22(27)29-24(19)18-11-5-7-13-21(18)26(23(24)28)15-16-8-2-1-3-9-16/h1-13,19H,14-15H2/t19-,24-/m0/s1. The number of fused-ring (bicyclic) bond motifs is 2. The first-order chi connectivity index (χ1) is 14.1. The molecule has 2 atom stereocenters. The number of esters is 1. The molecule has 2 aliphatic rings. The fourth-order valence-electron chi connectivity index (χ4n) is 4.50. The Balaban J connectivity index is 1.67. The number of hydrogen-bond donors (Lipinski definition) is 0. The van der Waals surface area contributed by atoms with E-state index in [1.165, 1.54) is 0 Å². The highest BCUT2D eigenvalue weighted by molar-refractivity contribution is 6.31. The Kier molecular flexibility index (Phi) is 4.18. The maximum Gasteiger partial charge on any atom is 0.308 e. The van der Waals surface area contributed by atoms with Crippen molar-refractivity contribution >= 4 is 29.2 Å². The molecule has 1 saturated heterocycles. The van der Waals surface area contributed by atoms with Gasteiger partial charge in [-0.3, -0.25) is 9.59 Å². The molecule has 0 N–H and O–H groups in total. The summed E-state index contributed by atoms with van der Waals surface area (Å²) in [6.45, 7) is 0.408. The topological polar surface area (TPSA) is 46.6 Å². The molecule has 1 spiro atoms. The van der Waals surface area contributed by atoms with Gasteiger partial charge in [0.1, 0.15) is 0 Å². The van der Waals surface area contributed by atoms with E-state index in [1.54, 1.807) is 11.0 Å². The maximum atomic E-state index is 13.8. The molecule has 2 aliphatic heterocycles. The summed E-state index contributed by atoms with van der Waals surface area (Å²) in [4.78, 5) is 28.0. The average Bonchev–Trinajstić information content (AvgIpc) is 3.20. The van der Waals surface area contributed by atoms with Crippen LogP contribution in [-0.2, 0) is 26.5 Å². The number of benzene rings is 3. The maximum absolute atomic E-state index is 13.8. The van der Waals surface area contributed by atoms with Crippen LogP contribution in [0.4, 0.5) is 5.69 Å². The number of carbonyl (C=O) groups excluding carboxylic acids is 2. The molecule has 29 heavy (non-hydrogen) atoms. The van der Waals surface area contributed by atoms with E-state index in [2.05, 4.69) is 0 Å². The number of amides is 1. The van der Waals surface area contributed by atoms with Gasteiger partial charge in [0.25, 0.3) is 5.91 Å². The minimum atomic E-state index is -1.38. The Morgan fingerprint density at radius 2 is 1.62 bits per heavy atom. The first-order valence-corrected chi connectivity index (χ1v) is 9.90. The number of carbonyl (C=O) groups is 2. The Morgan fingerprint density at radius 3 is 2.41 bits per heavy atom.